The van der Waals surface area contributed by atoms with Crippen molar-refractivity contribution < 1.29 is 36.2 Å². The predicted octanol–water partition coefficient (Wildman–Crippen LogP) is 6.13. The van der Waals surface area contributed by atoms with Crippen molar-refractivity contribution in [3.05, 3.63) is 35.4 Å². The van der Waals surface area contributed by atoms with Gasteiger partial charge >= 0.3 is 12.4 Å². The van der Waals surface area contributed by atoms with Crippen LogP contribution in [0.1, 0.15) is 63.0 Å². The highest BCUT2D eigenvalue weighted by molar-refractivity contribution is 5.24. The molecule has 1 aliphatic carbocycles. The first kappa shape index (κ1) is 23.0. The van der Waals surface area contributed by atoms with Gasteiger partial charge < -0.3 is 9.84 Å². The van der Waals surface area contributed by atoms with E-state index in [1.807, 2.05) is 24.3 Å². The highest BCUT2D eigenvalue weighted by Gasteiger charge is 2.73. The van der Waals surface area contributed by atoms with E-state index in [9.17, 15) is 31.4 Å². The second-order valence-electron chi connectivity index (χ2n) is 7.60. The third kappa shape index (κ3) is 4.82. The van der Waals surface area contributed by atoms with Gasteiger partial charge in [-0.2, -0.15) is 26.3 Å². The molecule has 2 nitrogen and oxygen atoms in total. The number of aliphatic hydroxyl groups is 1. The number of alkyl halides is 6. The number of rotatable bonds is 6. The molecule has 0 spiro atoms. The van der Waals surface area contributed by atoms with Crippen molar-refractivity contribution in [1.29, 1.82) is 0 Å². The number of hydrogen-bond donors (Lipinski definition) is 1. The maximum atomic E-state index is 13.0. The molecule has 0 radical (unpaired) electrons. The lowest BCUT2D eigenvalue weighted by Crippen LogP contribution is -2.62. The fourth-order valence-corrected chi connectivity index (χ4v) is 3.66. The first-order valence-electron chi connectivity index (χ1n) is 9.46. The van der Waals surface area contributed by atoms with Crippen LogP contribution in [0.15, 0.2) is 24.3 Å². The summed E-state index contributed by atoms with van der Waals surface area (Å²) in [4.78, 5) is 0. The fourth-order valence-electron chi connectivity index (χ4n) is 3.66. The molecule has 1 aromatic carbocycles. The van der Waals surface area contributed by atoms with Gasteiger partial charge in [0.15, 0.2) is 0 Å². The highest BCUT2D eigenvalue weighted by atomic mass is 19.4. The standard InChI is InChI=1S/C20H26F6O2/c1-3-13(2)15-6-4-14(5-7-15)12-28-17-10-8-16(9-11-17)18(27,19(21,22)23)20(24,25)26/h4-7,13,16-17,27H,3,8-12H2,1-2H3. The molecule has 1 saturated carbocycles. The molecule has 0 amide bonds. The van der Waals surface area contributed by atoms with Crippen LogP contribution in [-0.4, -0.2) is 29.2 Å². The van der Waals surface area contributed by atoms with Crippen molar-refractivity contribution in [1.82, 2.24) is 0 Å². The largest absolute Gasteiger partial charge is 0.426 e. The molecule has 1 aromatic rings. The van der Waals surface area contributed by atoms with Crippen LogP contribution in [-0.2, 0) is 11.3 Å². The van der Waals surface area contributed by atoms with Gasteiger partial charge in [0.1, 0.15) is 0 Å². The Kier molecular flexibility index (Phi) is 7.08. The van der Waals surface area contributed by atoms with E-state index in [0.717, 1.165) is 12.0 Å². The van der Waals surface area contributed by atoms with Crippen molar-refractivity contribution in [2.24, 2.45) is 5.92 Å². The zero-order valence-corrected chi connectivity index (χ0v) is 15.9. The SMILES string of the molecule is CCC(C)c1ccc(COC2CCC(C(O)(C(F)(F)F)C(F)(F)F)CC2)cc1. The van der Waals surface area contributed by atoms with Crippen molar-refractivity contribution >= 4 is 0 Å². The molecular formula is C20H26F6O2. The van der Waals surface area contributed by atoms with Crippen molar-refractivity contribution in [3.63, 3.8) is 0 Å². The van der Waals surface area contributed by atoms with E-state index in [4.69, 9.17) is 4.74 Å². The van der Waals surface area contributed by atoms with Crippen LogP contribution in [0.25, 0.3) is 0 Å². The Hall–Kier alpha value is -1.28. The zero-order chi connectivity index (χ0) is 21.2. The molecule has 0 heterocycles. The van der Waals surface area contributed by atoms with Gasteiger partial charge in [0.2, 0.25) is 0 Å². The van der Waals surface area contributed by atoms with Crippen molar-refractivity contribution in [2.45, 2.75) is 82.5 Å². The van der Waals surface area contributed by atoms with Crippen molar-refractivity contribution in [2.75, 3.05) is 0 Å². The summed E-state index contributed by atoms with van der Waals surface area (Å²) in [5.41, 5.74) is -2.57. The normalized spacial score (nSPS) is 22.9. The minimum absolute atomic E-state index is 0.0457. The number of hydrogen-bond acceptors (Lipinski definition) is 2. The van der Waals surface area contributed by atoms with Crippen LogP contribution < -0.4 is 0 Å². The second kappa shape index (κ2) is 8.61. The first-order chi connectivity index (χ1) is 12.9. The quantitative estimate of drug-likeness (QED) is 0.570. The monoisotopic (exact) mass is 412 g/mol. The third-order valence-electron chi connectivity index (χ3n) is 5.78. The molecule has 1 N–H and O–H groups in total. The predicted molar refractivity (Wildman–Crippen MR) is 92.7 cm³/mol. The second-order valence-corrected chi connectivity index (χ2v) is 7.60. The maximum Gasteiger partial charge on any atom is 0.426 e. The summed E-state index contributed by atoms with van der Waals surface area (Å²) in [6, 6.07) is 7.82. The van der Waals surface area contributed by atoms with Gasteiger partial charge in [0.05, 0.1) is 12.7 Å². The number of benzene rings is 1. The number of ether oxygens (including phenoxy) is 1. The van der Waals surface area contributed by atoms with Crippen LogP contribution in [0.4, 0.5) is 26.3 Å². The summed E-state index contributed by atoms with van der Waals surface area (Å²) in [6.45, 7) is 4.46. The molecule has 8 heteroatoms. The Morgan fingerprint density at radius 1 is 0.964 bits per heavy atom. The van der Waals surface area contributed by atoms with Gasteiger partial charge in [-0.25, -0.2) is 0 Å². The fraction of sp³-hybridized carbons (Fsp3) is 0.700. The Morgan fingerprint density at radius 3 is 1.89 bits per heavy atom. The molecule has 1 aliphatic rings. The van der Waals surface area contributed by atoms with Crippen LogP contribution in [0.3, 0.4) is 0 Å². The molecular weight excluding hydrogens is 386 g/mol. The Bertz CT molecular complexity index is 601. The third-order valence-corrected chi connectivity index (χ3v) is 5.78. The van der Waals surface area contributed by atoms with E-state index in [2.05, 4.69) is 13.8 Å². The topological polar surface area (TPSA) is 29.5 Å². The zero-order valence-electron chi connectivity index (χ0n) is 15.9. The van der Waals surface area contributed by atoms with Crippen LogP contribution in [0.2, 0.25) is 0 Å². The lowest BCUT2D eigenvalue weighted by molar-refractivity contribution is -0.387. The molecule has 1 unspecified atom stereocenters. The van der Waals surface area contributed by atoms with E-state index in [-0.39, 0.29) is 19.4 Å². The van der Waals surface area contributed by atoms with Gasteiger partial charge in [-0.3, -0.25) is 0 Å². The molecule has 0 aromatic heterocycles. The summed E-state index contributed by atoms with van der Waals surface area (Å²) in [5.74, 6) is -1.48. The van der Waals surface area contributed by atoms with E-state index in [0.29, 0.717) is 5.92 Å². The highest BCUT2D eigenvalue weighted by Crippen LogP contribution is 2.51. The molecule has 1 fully saturated rings. The van der Waals surface area contributed by atoms with E-state index < -0.39 is 42.8 Å². The summed E-state index contributed by atoms with van der Waals surface area (Å²) in [7, 11) is 0. The van der Waals surface area contributed by atoms with Gasteiger partial charge in [-0.1, -0.05) is 38.1 Å². The molecule has 0 aliphatic heterocycles. The van der Waals surface area contributed by atoms with Gasteiger partial charge in [-0.05, 0) is 49.1 Å². The van der Waals surface area contributed by atoms with Gasteiger partial charge in [0.25, 0.3) is 5.60 Å². The van der Waals surface area contributed by atoms with Crippen molar-refractivity contribution in [3.8, 4) is 0 Å². The Morgan fingerprint density at radius 2 is 1.46 bits per heavy atom. The minimum atomic E-state index is -5.76. The van der Waals surface area contributed by atoms with Gasteiger partial charge in [0, 0.05) is 5.92 Å². The molecule has 2 rings (SSSR count). The molecule has 1 atom stereocenters. The lowest BCUT2D eigenvalue weighted by atomic mass is 9.75. The van der Waals surface area contributed by atoms with Crippen LogP contribution in [0, 0.1) is 5.92 Å². The summed E-state index contributed by atoms with van der Waals surface area (Å²) in [6.07, 6.45) is -11.6. The Labute approximate surface area is 160 Å². The average Bonchev–Trinajstić information content (AvgIpc) is 2.64. The van der Waals surface area contributed by atoms with Gasteiger partial charge in [-0.15, -0.1) is 0 Å². The van der Waals surface area contributed by atoms with E-state index in [1.54, 1.807) is 0 Å². The molecule has 160 valence electrons. The number of halogens is 6. The average molecular weight is 412 g/mol. The lowest BCUT2D eigenvalue weighted by Gasteiger charge is -2.41. The smallest absolute Gasteiger partial charge is 0.374 e. The minimum Gasteiger partial charge on any atom is -0.374 e. The summed E-state index contributed by atoms with van der Waals surface area (Å²) in [5, 5.41) is 9.50. The summed E-state index contributed by atoms with van der Waals surface area (Å²) < 4.78 is 83.5. The molecule has 0 saturated heterocycles. The van der Waals surface area contributed by atoms with E-state index in [1.165, 1.54) is 5.56 Å². The van der Waals surface area contributed by atoms with Crippen LogP contribution >= 0.6 is 0 Å². The Balaban J connectivity index is 1.91. The van der Waals surface area contributed by atoms with Crippen LogP contribution in [0.5, 0.6) is 0 Å². The molecule has 28 heavy (non-hydrogen) atoms. The molecule has 0 bridgehead atoms. The first-order valence-corrected chi connectivity index (χ1v) is 9.46. The van der Waals surface area contributed by atoms with E-state index >= 15 is 0 Å². The maximum absolute atomic E-state index is 13.0. The summed E-state index contributed by atoms with van der Waals surface area (Å²) >= 11 is 0.